The molecule has 0 amide bonds. The van der Waals surface area contributed by atoms with E-state index in [2.05, 4.69) is 43.6 Å². The molecule has 22 heavy (non-hydrogen) atoms. The number of rotatable bonds is 5. The summed E-state index contributed by atoms with van der Waals surface area (Å²) in [4.78, 5) is 4.05. The molecular formula is C20H23NO. The zero-order valence-corrected chi connectivity index (χ0v) is 13.8. The third-order valence-corrected chi connectivity index (χ3v) is 3.75. The van der Waals surface area contributed by atoms with Crippen molar-refractivity contribution in [3.63, 3.8) is 0 Å². The number of hydrogen-bond acceptors (Lipinski definition) is 2. The van der Waals surface area contributed by atoms with Gasteiger partial charge in [0.2, 0.25) is 0 Å². The second kappa shape index (κ2) is 7.08. The van der Waals surface area contributed by atoms with Crippen molar-refractivity contribution in [1.29, 1.82) is 0 Å². The zero-order valence-electron chi connectivity index (χ0n) is 13.8. The molecule has 0 bridgehead atoms. The molecule has 2 aromatic rings. The average Bonchev–Trinajstić information content (AvgIpc) is 2.84. The smallest absolute Gasteiger partial charge is 0.139 e. The van der Waals surface area contributed by atoms with E-state index in [1.807, 2.05) is 31.4 Å². The number of furan rings is 1. The van der Waals surface area contributed by atoms with Gasteiger partial charge in [-0.3, -0.25) is 4.99 Å². The number of allylic oxidation sites excluding steroid dienone is 3. The highest BCUT2D eigenvalue weighted by atomic mass is 16.3. The Bertz CT molecular complexity index is 773. The molecular weight excluding hydrogens is 270 g/mol. The van der Waals surface area contributed by atoms with Gasteiger partial charge in [-0.1, -0.05) is 36.9 Å². The predicted octanol–water partition coefficient (Wildman–Crippen LogP) is 5.61. The second-order valence-corrected chi connectivity index (χ2v) is 5.36. The minimum Gasteiger partial charge on any atom is -0.456 e. The van der Waals surface area contributed by atoms with E-state index in [0.29, 0.717) is 0 Å². The fourth-order valence-corrected chi connectivity index (χ4v) is 2.61. The molecule has 114 valence electrons. The minimum atomic E-state index is 0.834. The molecule has 0 saturated carbocycles. The molecule has 0 aliphatic rings. The maximum Gasteiger partial charge on any atom is 0.139 e. The fourth-order valence-electron chi connectivity index (χ4n) is 2.61. The van der Waals surface area contributed by atoms with Crippen LogP contribution in [0.2, 0.25) is 0 Å². The van der Waals surface area contributed by atoms with Gasteiger partial charge >= 0.3 is 0 Å². The van der Waals surface area contributed by atoms with Crippen LogP contribution in [0.1, 0.15) is 36.3 Å². The highest BCUT2D eigenvalue weighted by molar-refractivity contribution is 5.93. The molecule has 0 fully saturated rings. The lowest BCUT2D eigenvalue weighted by Gasteiger charge is -2.04. The third kappa shape index (κ3) is 3.11. The Morgan fingerprint density at radius 3 is 2.77 bits per heavy atom. The Labute approximate surface area is 132 Å². The summed E-state index contributed by atoms with van der Waals surface area (Å²) in [6, 6.07) is 4.27. The summed E-state index contributed by atoms with van der Waals surface area (Å²) in [6.07, 6.45) is 10.7. The highest BCUT2D eigenvalue weighted by Gasteiger charge is 2.14. The van der Waals surface area contributed by atoms with Crippen LogP contribution in [0, 0.1) is 6.92 Å². The number of aryl methyl sites for hydroxylation is 1. The number of benzene rings is 1. The van der Waals surface area contributed by atoms with Gasteiger partial charge in [-0.15, -0.1) is 0 Å². The van der Waals surface area contributed by atoms with Crippen molar-refractivity contribution < 1.29 is 4.42 Å². The summed E-state index contributed by atoms with van der Waals surface area (Å²) in [6.45, 7) is 10.1. The summed E-state index contributed by atoms with van der Waals surface area (Å²) < 4.78 is 6.11. The van der Waals surface area contributed by atoms with E-state index in [1.54, 1.807) is 7.05 Å². The summed E-state index contributed by atoms with van der Waals surface area (Å²) in [7, 11) is 1.79. The van der Waals surface area contributed by atoms with Gasteiger partial charge < -0.3 is 4.42 Å². The van der Waals surface area contributed by atoms with Crippen molar-refractivity contribution in [3.8, 4) is 0 Å². The van der Waals surface area contributed by atoms with Crippen LogP contribution < -0.4 is 0 Å². The minimum absolute atomic E-state index is 0.834. The van der Waals surface area contributed by atoms with Crippen molar-refractivity contribution in [1.82, 2.24) is 0 Å². The maximum atomic E-state index is 6.11. The van der Waals surface area contributed by atoms with Gasteiger partial charge in [-0.25, -0.2) is 0 Å². The van der Waals surface area contributed by atoms with Gasteiger partial charge in [-0.05, 0) is 44.4 Å². The van der Waals surface area contributed by atoms with E-state index in [1.165, 1.54) is 11.1 Å². The predicted molar refractivity (Wildman–Crippen MR) is 97.6 cm³/mol. The standard InChI is InChI=1S/C20H23NO/c1-6-8-19-16(7-2)18-12-10-15(4)17(20(18)22-19)11-9-14(3)13-21-5/h6-10,12-13H,2,11H2,1,3-5H3/b8-6-,14-9-,21-13?. The first-order valence-electron chi connectivity index (χ1n) is 7.51. The molecule has 1 heterocycles. The Balaban J connectivity index is 2.60. The quantitative estimate of drug-likeness (QED) is 0.658. The molecule has 0 N–H and O–H groups in total. The lowest BCUT2D eigenvalue weighted by molar-refractivity contribution is 0.599. The summed E-state index contributed by atoms with van der Waals surface area (Å²) in [5.74, 6) is 0.871. The van der Waals surface area contributed by atoms with Crippen molar-refractivity contribution in [3.05, 3.63) is 58.9 Å². The van der Waals surface area contributed by atoms with Crippen LogP contribution in [0.15, 0.2) is 45.8 Å². The van der Waals surface area contributed by atoms with E-state index < -0.39 is 0 Å². The molecule has 1 aromatic heterocycles. The summed E-state index contributed by atoms with van der Waals surface area (Å²) in [5.41, 5.74) is 5.63. The normalized spacial score (nSPS) is 12.8. The fraction of sp³-hybridized carbons (Fsp3) is 0.250. The third-order valence-electron chi connectivity index (χ3n) is 3.75. The van der Waals surface area contributed by atoms with Gasteiger partial charge in [0.1, 0.15) is 11.3 Å². The van der Waals surface area contributed by atoms with Crippen molar-refractivity contribution in [2.45, 2.75) is 27.2 Å². The molecule has 0 radical (unpaired) electrons. The van der Waals surface area contributed by atoms with E-state index >= 15 is 0 Å². The van der Waals surface area contributed by atoms with Crippen LogP contribution in [0.3, 0.4) is 0 Å². The SMILES string of the molecule is C=Cc1c(/C=C\C)oc2c(C/C=C(/C)C=NC)c(C)ccc12. The van der Waals surface area contributed by atoms with E-state index in [9.17, 15) is 0 Å². The Morgan fingerprint density at radius 2 is 2.14 bits per heavy atom. The number of fused-ring (bicyclic) bond motifs is 1. The van der Waals surface area contributed by atoms with Crippen molar-refractivity contribution in [2.24, 2.45) is 4.99 Å². The van der Waals surface area contributed by atoms with E-state index in [0.717, 1.165) is 34.3 Å². The van der Waals surface area contributed by atoms with E-state index in [-0.39, 0.29) is 0 Å². The van der Waals surface area contributed by atoms with Crippen LogP contribution in [0.4, 0.5) is 0 Å². The first-order valence-corrected chi connectivity index (χ1v) is 7.51. The number of nitrogens with zero attached hydrogens (tertiary/aromatic N) is 1. The van der Waals surface area contributed by atoms with Crippen LogP contribution in [-0.2, 0) is 6.42 Å². The lowest BCUT2D eigenvalue weighted by Crippen LogP contribution is -1.90. The first-order chi connectivity index (χ1) is 10.6. The molecule has 2 heteroatoms. The van der Waals surface area contributed by atoms with Gasteiger partial charge in [-0.2, -0.15) is 0 Å². The van der Waals surface area contributed by atoms with Crippen molar-refractivity contribution >= 4 is 29.3 Å². The monoisotopic (exact) mass is 293 g/mol. The lowest BCUT2D eigenvalue weighted by atomic mass is 10.00. The summed E-state index contributed by atoms with van der Waals surface area (Å²) in [5, 5.41) is 1.12. The average molecular weight is 293 g/mol. The molecule has 2 nitrogen and oxygen atoms in total. The number of aliphatic imine (C=N–C) groups is 1. The van der Waals surface area contributed by atoms with Gasteiger partial charge in [0.25, 0.3) is 0 Å². The number of hydrogen-bond donors (Lipinski definition) is 0. The second-order valence-electron chi connectivity index (χ2n) is 5.36. The van der Waals surface area contributed by atoms with Crippen LogP contribution in [-0.4, -0.2) is 13.3 Å². The zero-order chi connectivity index (χ0) is 16.1. The summed E-state index contributed by atoms with van der Waals surface area (Å²) >= 11 is 0. The molecule has 0 unspecified atom stereocenters. The molecule has 0 aliphatic heterocycles. The van der Waals surface area contributed by atoms with Crippen LogP contribution in [0.5, 0.6) is 0 Å². The molecule has 2 rings (SSSR count). The molecule has 0 saturated heterocycles. The van der Waals surface area contributed by atoms with Gasteiger partial charge in [0.05, 0.1) is 0 Å². The molecule has 1 aromatic carbocycles. The van der Waals surface area contributed by atoms with E-state index in [4.69, 9.17) is 4.42 Å². The van der Waals surface area contributed by atoms with Gasteiger partial charge in [0.15, 0.2) is 0 Å². The Morgan fingerprint density at radius 1 is 1.36 bits per heavy atom. The molecule has 0 spiro atoms. The van der Waals surface area contributed by atoms with Gasteiger partial charge in [0, 0.05) is 29.8 Å². The molecule has 0 aliphatic carbocycles. The van der Waals surface area contributed by atoms with Crippen LogP contribution in [0.25, 0.3) is 23.1 Å². The maximum absolute atomic E-state index is 6.11. The Kier molecular flexibility index (Phi) is 5.16. The van der Waals surface area contributed by atoms with Crippen LogP contribution >= 0.6 is 0 Å². The topological polar surface area (TPSA) is 25.5 Å². The highest BCUT2D eigenvalue weighted by Crippen LogP contribution is 2.32. The van der Waals surface area contributed by atoms with Crippen molar-refractivity contribution in [2.75, 3.05) is 7.05 Å². The first kappa shape index (κ1) is 16.0. The molecule has 0 atom stereocenters. The Hall–Kier alpha value is -2.35. The largest absolute Gasteiger partial charge is 0.456 e.